The topological polar surface area (TPSA) is 132 Å². The molecule has 0 aliphatic carbocycles. The van der Waals surface area contributed by atoms with E-state index in [0.29, 0.717) is 5.56 Å². The number of ether oxygens (including phenoxy) is 1. The lowest BCUT2D eigenvalue weighted by Crippen LogP contribution is -2.23. The van der Waals surface area contributed by atoms with Gasteiger partial charge in [0, 0.05) is 30.1 Å². The maximum Gasteiger partial charge on any atom is 0.253 e. The number of amides is 1. The van der Waals surface area contributed by atoms with E-state index in [4.69, 9.17) is 16.3 Å². The average Bonchev–Trinajstić information content (AvgIpc) is 2.78. The number of aromatic nitrogens is 1. The Morgan fingerprint density at radius 3 is 2.39 bits per heavy atom. The van der Waals surface area contributed by atoms with Crippen molar-refractivity contribution in [2.45, 2.75) is 16.3 Å². The van der Waals surface area contributed by atoms with Gasteiger partial charge in [0.05, 0.1) is 10.5 Å². The number of rotatable bonds is 8. The first-order valence-corrected chi connectivity index (χ1v) is 13.2. The predicted molar refractivity (Wildman–Crippen MR) is 123 cm³/mol. The zero-order valence-electron chi connectivity index (χ0n) is 17.6. The lowest BCUT2D eigenvalue weighted by atomic mass is 10.2. The molecule has 2 aromatic carbocycles. The van der Waals surface area contributed by atoms with E-state index >= 15 is 0 Å². The van der Waals surface area contributed by atoms with Crippen LogP contribution >= 0.6 is 11.6 Å². The molecule has 0 saturated carbocycles. The van der Waals surface area contributed by atoms with Crippen molar-refractivity contribution in [3.63, 3.8) is 0 Å². The molecule has 33 heavy (non-hydrogen) atoms. The number of carbonyl (C=O) groups excluding carboxylic acids is 1. The van der Waals surface area contributed by atoms with Crippen molar-refractivity contribution >= 4 is 37.4 Å². The zero-order chi connectivity index (χ0) is 24.2. The van der Waals surface area contributed by atoms with E-state index in [1.807, 2.05) is 0 Å². The molecule has 0 radical (unpaired) electrons. The molecule has 0 spiro atoms. The van der Waals surface area contributed by atoms with Gasteiger partial charge in [0.25, 0.3) is 5.91 Å². The number of halogens is 1. The smallest absolute Gasteiger partial charge is 0.253 e. The minimum absolute atomic E-state index is 0.0160. The first-order chi connectivity index (χ1) is 15.5. The summed E-state index contributed by atoms with van der Waals surface area (Å²) in [6, 6.07) is 13.3. The van der Waals surface area contributed by atoms with Crippen LogP contribution in [0.25, 0.3) is 0 Å². The van der Waals surface area contributed by atoms with Gasteiger partial charge in [-0.05, 0) is 42.9 Å². The molecule has 1 heterocycles. The summed E-state index contributed by atoms with van der Waals surface area (Å²) in [6.45, 7) is 0.0670. The van der Waals surface area contributed by atoms with Gasteiger partial charge in [0.15, 0.2) is 9.84 Å². The zero-order valence-corrected chi connectivity index (χ0v) is 20.0. The Labute approximate surface area is 196 Å². The molecule has 12 heteroatoms. The number of hydrogen-bond donors (Lipinski definition) is 2. The molecule has 1 aromatic heterocycles. The van der Waals surface area contributed by atoms with E-state index in [1.54, 1.807) is 12.1 Å². The first kappa shape index (κ1) is 24.6. The molecule has 1 amide bonds. The van der Waals surface area contributed by atoms with E-state index in [2.05, 4.69) is 15.0 Å². The van der Waals surface area contributed by atoms with Gasteiger partial charge in [-0.15, -0.1) is 0 Å². The second-order valence-corrected chi connectivity index (χ2v) is 11.1. The summed E-state index contributed by atoms with van der Waals surface area (Å²) in [5.41, 5.74) is 0.773. The van der Waals surface area contributed by atoms with E-state index in [-0.39, 0.29) is 38.6 Å². The van der Waals surface area contributed by atoms with Gasteiger partial charge in [-0.25, -0.2) is 26.5 Å². The Morgan fingerprint density at radius 1 is 1.06 bits per heavy atom. The monoisotopic (exact) mass is 509 g/mol. The summed E-state index contributed by atoms with van der Waals surface area (Å²) < 4.78 is 55.2. The van der Waals surface area contributed by atoms with Crippen LogP contribution in [0.2, 0.25) is 5.02 Å². The molecule has 0 aliphatic heterocycles. The Morgan fingerprint density at radius 2 is 1.79 bits per heavy atom. The minimum Gasteiger partial charge on any atom is -0.438 e. The van der Waals surface area contributed by atoms with Crippen LogP contribution in [-0.4, -0.2) is 41.0 Å². The molecule has 9 nitrogen and oxygen atoms in total. The van der Waals surface area contributed by atoms with Crippen LogP contribution in [0.1, 0.15) is 15.9 Å². The highest BCUT2D eigenvalue weighted by Gasteiger charge is 2.16. The minimum atomic E-state index is -3.62. The van der Waals surface area contributed by atoms with E-state index < -0.39 is 25.8 Å². The van der Waals surface area contributed by atoms with Crippen molar-refractivity contribution in [2.75, 3.05) is 13.3 Å². The Hall–Kier alpha value is -2.99. The average molecular weight is 510 g/mol. The number of nitrogens with zero attached hydrogens (tertiary/aromatic N) is 1. The lowest BCUT2D eigenvalue weighted by Gasteiger charge is -2.10. The highest BCUT2D eigenvalue weighted by atomic mass is 35.5. The highest BCUT2D eigenvalue weighted by molar-refractivity contribution is 7.90. The summed E-state index contributed by atoms with van der Waals surface area (Å²) in [6.07, 6.45) is 2.37. The molecular formula is C21H20ClN3O6S2. The molecule has 174 valence electrons. The van der Waals surface area contributed by atoms with Crippen LogP contribution < -0.4 is 14.8 Å². The van der Waals surface area contributed by atoms with Crippen molar-refractivity contribution in [2.24, 2.45) is 0 Å². The van der Waals surface area contributed by atoms with Crippen molar-refractivity contribution in [1.29, 1.82) is 0 Å². The SMILES string of the molecule is CNS(=O)(=O)c1ccc(CNC(=O)c2ccc(Oc3ccccc3S(C)(=O)=O)nc2)c(Cl)c1. The van der Waals surface area contributed by atoms with E-state index in [1.165, 1.54) is 55.7 Å². The maximum atomic E-state index is 12.4. The second-order valence-electron chi connectivity index (χ2n) is 6.85. The number of para-hydroxylation sites is 1. The quantitative estimate of drug-likeness (QED) is 0.477. The summed E-state index contributed by atoms with van der Waals surface area (Å²) >= 11 is 6.15. The van der Waals surface area contributed by atoms with Crippen molar-refractivity contribution in [1.82, 2.24) is 15.0 Å². The lowest BCUT2D eigenvalue weighted by molar-refractivity contribution is 0.0950. The van der Waals surface area contributed by atoms with E-state index in [9.17, 15) is 21.6 Å². The molecule has 2 N–H and O–H groups in total. The fourth-order valence-electron chi connectivity index (χ4n) is 2.76. The van der Waals surface area contributed by atoms with Gasteiger partial charge < -0.3 is 10.1 Å². The maximum absolute atomic E-state index is 12.4. The van der Waals surface area contributed by atoms with E-state index in [0.717, 1.165) is 6.26 Å². The number of benzene rings is 2. The van der Waals surface area contributed by atoms with Crippen molar-refractivity contribution < 1.29 is 26.4 Å². The highest BCUT2D eigenvalue weighted by Crippen LogP contribution is 2.27. The third-order valence-electron chi connectivity index (χ3n) is 4.50. The largest absolute Gasteiger partial charge is 0.438 e. The fourth-order valence-corrected chi connectivity index (χ4v) is 4.63. The van der Waals surface area contributed by atoms with Crippen LogP contribution in [0.4, 0.5) is 0 Å². The Balaban J connectivity index is 1.67. The van der Waals surface area contributed by atoms with Gasteiger partial charge in [-0.2, -0.15) is 0 Å². The van der Waals surface area contributed by atoms with Crippen LogP contribution in [0.5, 0.6) is 11.6 Å². The van der Waals surface area contributed by atoms with Gasteiger partial charge in [-0.1, -0.05) is 29.8 Å². The molecule has 3 aromatic rings. The molecule has 0 unspecified atom stereocenters. The molecule has 0 bridgehead atoms. The molecular weight excluding hydrogens is 490 g/mol. The molecule has 0 saturated heterocycles. The first-order valence-electron chi connectivity index (χ1n) is 9.44. The standard InChI is InChI=1S/C21H20ClN3O6S2/c1-23-33(29,30)16-9-7-14(17(22)11-16)12-25-21(26)15-8-10-20(24-13-15)31-18-5-3-4-6-19(18)32(2,27)28/h3-11,13,23H,12H2,1-2H3,(H,25,26). The third kappa shape index (κ3) is 6.08. The summed E-state index contributed by atoms with van der Waals surface area (Å²) in [7, 11) is -5.82. The van der Waals surface area contributed by atoms with Crippen molar-refractivity contribution in [3.05, 3.63) is 76.9 Å². The van der Waals surface area contributed by atoms with Crippen LogP contribution in [-0.2, 0) is 26.4 Å². The third-order valence-corrected chi connectivity index (χ3v) is 7.40. The number of carbonyl (C=O) groups is 1. The van der Waals surface area contributed by atoms with Crippen molar-refractivity contribution in [3.8, 4) is 11.6 Å². The van der Waals surface area contributed by atoms with Gasteiger partial charge in [0.2, 0.25) is 15.9 Å². The molecule has 0 fully saturated rings. The van der Waals surface area contributed by atoms with Gasteiger partial charge in [-0.3, -0.25) is 4.79 Å². The molecule has 0 aliphatic rings. The number of hydrogen-bond acceptors (Lipinski definition) is 7. The molecule has 3 rings (SSSR count). The summed E-state index contributed by atoms with van der Waals surface area (Å²) in [5, 5.41) is 2.87. The number of nitrogens with one attached hydrogen (secondary N) is 2. The fraction of sp³-hybridized carbons (Fsp3) is 0.143. The normalized spacial score (nSPS) is 11.7. The number of sulfone groups is 1. The van der Waals surface area contributed by atoms with Gasteiger partial charge in [0.1, 0.15) is 10.6 Å². The Kier molecular flexibility index (Phi) is 7.38. The summed E-state index contributed by atoms with van der Waals surface area (Å²) in [4.78, 5) is 16.5. The van der Waals surface area contributed by atoms with Crippen LogP contribution in [0.15, 0.2) is 70.6 Å². The molecule has 0 atom stereocenters. The predicted octanol–water partition coefficient (Wildman–Crippen LogP) is 2.77. The second kappa shape index (κ2) is 9.87. The Bertz CT molecular complexity index is 1390. The summed E-state index contributed by atoms with van der Waals surface area (Å²) in [5.74, 6) is -0.191. The number of sulfonamides is 1. The number of pyridine rings is 1. The van der Waals surface area contributed by atoms with Gasteiger partial charge >= 0.3 is 0 Å². The van der Waals surface area contributed by atoms with Crippen LogP contribution in [0, 0.1) is 0 Å². The van der Waals surface area contributed by atoms with Crippen LogP contribution in [0.3, 0.4) is 0 Å².